The maximum absolute atomic E-state index is 5.48. The Labute approximate surface area is 116 Å². The highest BCUT2D eigenvalue weighted by atomic mass is 32.1. The highest BCUT2D eigenvalue weighted by molar-refractivity contribution is 7.80. The first-order valence-corrected chi connectivity index (χ1v) is 8.03. The molecular weight excluding hydrogens is 242 g/mol. The largest absolute Gasteiger partial charge is 0.360 e. The summed E-state index contributed by atoms with van der Waals surface area (Å²) < 4.78 is 0. The predicted molar refractivity (Wildman–Crippen MR) is 78.8 cm³/mol. The Balaban J connectivity index is 1.43. The second kappa shape index (κ2) is 5.74. The lowest BCUT2D eigenvalue weighted by atomic mass is 9.94. The molecule has 18 heavy (non-hydrogen) atoms. The Kier molecular flexibility index (Phi) is 4.04. The van der Waals surface area contributed by atoms with Crippen molar-refractivity contribution >= 4 is 17.3 Å². The van der Waals surface area contributed by atoms with Crippen molar-refractivity contribution in [2.45, 2.75) is 57.0 Å². The third-order valence-corrected chi connectivity index (χ3v) is 4.97. The molecule has 0 atom stereocenters. The zero-order valence-electron chi connectivity index (χ0n) is 11.2. The van der Waals surface area contributed by atoms with Crippen molar-refractivity contribution in [1.82, 2.24) is 15.1 Å². The van der Waals surface area contributed by atoms with Gasteiger partial charge in [-0.15, -0.1) is 0 Å². The Hall–Kier alpha value is -0.350. The lowest BCUT2D eigenvalue weighted by Gasteiger charge is -2.41. The summed E-state index contributed by atoms with van der Waals surface area (Å²) in [4.78, 5) is 5.07. The molecule has 0 aromatic carbocycles. The van der Waals surface area contributed by atoms with E-state index in [0.717, 1.165) is 24.2 Å². The van der Waals surface area contributed by atoms with Crippen LogP contribution in [0.3, 0.4) is 0 Å². The van der Waals surface area contributed by atoms with Crippen LogP contribution in [0.2, 0.25) is 0 Å². The third-order valence-electron chi connectivity index (χ3n) is 4.60. The monoisotopic (exact) mass is 267 g/mol. The van der Waals surface area contributed by atoms with Crippen molar-refractivity contribution in [2.24, 2.45) is 0 Å². The molecule has 0 aromatic rings. The van der Waals surface area contributed by atoms with Gasteiger partial charge in [0, 0.05) is 38.3 Å². The van der Waals surface area contributed by atoms with E-state index in [4.69, 9.17) is 12.2 Å². The van der Waals surface area contributed by atoms with Crippen LogP contribution in [0.5, 0.6) is 0 Å². The molecule has 1 saturated heterocycles. The summed E-state index contributed by atoms with van der Waals surface area (Å²) in [6.07, 6.45) is 9.78. The first kappa shape index (κ1) is 12.7. The lowest BCUT2D eigenvalue weighted by molar-refractivity contribution is 0.107. The average Bonchev–Trinajstić information content (AvgIpc) is 3.24. The molecule has 1 aliphatic heterocycles. The molecule has 3 rings (SSSR count). The van der Waals surface area contributed by atoms with Gasteiger partial charge in [-0.25, -0.2) is 0 Å². The van der Waals surface area contributed by atoms with Gasteiger partial charge in [-0.05, 0) is 37.9 Å². The minimum absolute atomic E-state index is 0.689. The molecule has 1 heterocycles. The van der Waals surface area contributed by atoms with Crippen LogP contribution in [0, 0.1) is 0 Å². The van der Waals surface area contributed by atoms with Crippen LogP contribution < -0.4 is 5.32 Å². The van der Waals surface area contributed by atoms with Crippen molar-refractivity contribution < 1.29 is 0 Å². The number of piperazine rings is 1. The van der Waals surface area contributed by atoms with E-state index in [-0.39, 0.29) is 0 Å². The minimum Gasteiger partial charge on any atom is -0.360 e. The fourth-order valence-corrected chi connectivity index (χ4v) is 3.58. The first-order chi connectivity index (χ1) is 8.83. The molecule has 2 saturated carbocycles. The summed E-state index contributed by atoms with van der Waals surface area (Å²) in [5.41, 5.74) is 0. The summed E-state index contributed by atoms with van der Waals surface area (Å²) in [6, 6.07) is 1.56. The molecule has 1 N–H and O–H groups in total. The Morgan fingerprint density at radius 2 is 1.56 bits per heavy atom. The van der Waals surface area contributed by atoms with Gasteiger partial charge >= 0.3 is 0 Å². The van der Waals surface area contributed by atoms with Gasteiger partial charge in [0.25, 0.3) is 0 Å². The van der Waals surface area contributed by atoms with E-state index in [9.17, 15) is 0 Å². The highest BCUT2D eigenvalue weighted by Gasteiger charge is 2.28. The highest BCUT2D eigenvalue weighted by Crippen LogP contribution is 2.24. The molecule has 0 unspecified atom stereocenters. The fourth-order valence-electron chi connectivity index (χ4n) is 3.23. The summed E-state index contributed by atoms with van der Waals surface area (Å²) in [6.45, 7) is 4.65. The van der Waals surface area contributed by atoms with Gasteiger partial charge in [-0.2, -0.15) is 0 Å². The zero-order valence-corrected chi connectivity index (χ0v) is 12.1. The Bertz CT molecular complexity index is 289. The topological polar surface area (TPSA) is 18.5 Å². The molecule has 0 spiro atoms. The molecule has 3 fully saturated rings. The van der Waals surface area contributed by atoms with Gasteiger partial charge < -0.3 is 10.2 Å². The van der Waals surface area contributed by atoms with Gasteiger partial charge in [-0.1, -0.05) is 19.3 Å². The molecule has 3 nitrogen and oxygen atoms in total. The smallest absolute Gasteiger partial charge is 0.169 e. The van der Waals surface area contributed by atoms with Crippen LogP contribution >= 0.6 is 12.2 Å². The number of nitrogens with one attached hydrogen (secondary N) is 1. The van der Waals surface area contributed by atoms with Gasteiger partial charge in [0.2, 0.25) is 0 Å². The first-order valence-electron chi connectivity index (χ1n) is 7.62. The number of rotatable bonds is 2. The van der Waals surface area contributed by atoms with E-state index in [2.05, 4.69) is 15.1 Å². The SMILES string of the molecule is S=C(NC1CC1)N1CCN(C2CCCCC2)CC1. The summed E-state index contributed by atoms with van der Waals surface area (Å²) in [5.74, 6) is 0. The van der Waals surface area contributed by atoms with Crippen molar-refractivity contribution in [1.29, 1.82) is 0 Å². The maximum atomic E-state index is 5.48. The van der Waals surface area contributed by atoms with Crippen molar-refractivity contribution in [3.05, 3.63) is 0 Å². The molecule has 0 aromatic heterocycles. The maximum Gasteiger partial charge on any atom is 0.169 e. The minimum atomic E-state index is 0.689. The van der Waals surface area contributed by atoms with Gasteiger partial charge in [0.15, 0.2) is 5.11 Å². The predicted octanol–water partition coefficient (Wildman–Crippen LogP) is 1.97. The molecule has 3 aliphatic rings. The molecule has 4 heteroatoms. The molecule has 0 bridgehead atoms. The molecule has 0 amide bonds. The summed E-state index contributed by atoms with van der Waals surface area (Å²) in [7, 11) is 0. The van der Waals surface area contributed by atoms with Crippen LogP contribution in [0.4, 0.5) is 0 Å². The summed E-state index contributed by atoms with van der Waals surface area (Å²) >= 11 is 5.48. The Morgan fingerprint density at radius 1 is 0.889 bits per heavy atom. The number of hydrogen-bond acceptors (Lipinski definition) is 2. The van der Waals surface area contributed by atoms with E-state index >= 15 is 0 Å². The van der Waals surface area contributed by atoms with Crippen LogP contribution in [-0.2, 0) is 0 Å². The third kappa shape index (κ3) is 3.15. The van der Waals surface area contributed by atoms with Crippen molar-refractivity contribution in [3.8, 4) is 0 Å². The molecule has 0 radical (unpaired) electrons. The number of thiocarbonyl (C=S) groups is 1. The van der Waals surface area contributed by atoms with E-state index in [0.29, 0.717) is 6.04 Å². The second-order valence-electron chi connectivity index (χ2n) is 6.04. The van der Waals surface area contributed by atoms with E-state index in [1.807, 2.05) is 0 Å². The standard InChI is InChI=1S/C14H25N3S/c18-14(15-12-6-7-12)17-10-8-16(9-11-17)13-4-2-1-3-5-13/h12-13H,1-11H2,(H,15,18). The van der Waals surface area contributed by atoms with Crippen LogP contribution in [0.1, 0.15) is 44.9 Å². The van der Waals surface area contributed by atoms with Crippen LogP contribution in [0.25, 0.3) is 0 Å². The fraction of sp³-hybridized carbons (Fsp3) is 0.929. The average molecular weight is 267 g/mol. The quantitative estimate of drug-likeness (QED) is 0.771. The van der Waals surface area contributed by atoms with Gasteiger partial charge in [-0.3, -0.25) is 4.90 Å². The zero-order chi connectivity index (χ0) is 12.4. The number of hydrogen-bond donors (Lipinski definition) is 1. The van der Waals surface area contributed by atoms with Crippen molar-refractivity contribution in [3.63, 3.8) is 0 Å². The van der Waals surface area contributed by atoms with Crippen molar-refractivity contribution in [2.75, 3.05) is 26.2 Å². The molecular formula is C14H25N3S. The van der Waals surface area contributed by atoms with Gasteiger partial charge in [0.1, 0.15) is 0 Å². The second-order valence-corrected chi connectivity index (χ2v) is 6.43. The molecule has 2 aliphatic carbocycles. The normalized spacial score (nSPS) is 27.2. The summed E-state index contributed by atoms with van der Waals surface area (Å²) in [5, 5.41) is 4.46. The van der Waals surface area contributed by atoms with Crippen LogP contribution in [0.15, 0.2) is 0 Å². The van der Waals surface area contributed by atoms with E-state index < -0.39 is 0 Å². The lowest BCUT2D eigenvalue weighted by Crippen LogP contribution is -2.54. The number of nitrogens with zero attached hydrogens (tertiary/aromatic N) is 2. The molecule has 102 valence electrons. The van der Waals surface area contributed by atoms with Crippen LogP contribution in [-0.4, -0.2) is 53.2 Å². The Morgan fingerprint density at radius 3 is 2.17 bits per heavy atom. The van der Waals surface area contributed by atoms with E-state index in [1.54, 1.807) is 0 Å². The van der Waals surface area contributed by atoms with Gasteiger partial charge in [0.05, 0.1) is 0 Å². The van der Waals surface area contributed by atoms with E-state index in [1.165, 1.54) is 58.0 Å².